The molecule has 1 aromatic carbocycles. The molecule has 1 atom stereocenters. The van der Waals surface area contributed by atoms with E-state index in [1.807, 2.05) is 6.92 Å². The van der Waals surface area contributed by atoms with Crippen molar-refractivity contribution < 1.29 is 13.2 Å². The Morgan fingerprint density at radius 1 is 1.32 bits per heavy atom. The molecule has 19 heavy (non-hydrogen) atoms. The van der Waals surface area contributed by atoms with Crippen molar-refractivity contribution in [3.63, 3.8) is 0 Å². The Labute approximate surface area is 108 Å². The van der Waals surface area contributed by atoms with Crippen LogP contribution < -0.4 is 5.32 Å². The van der Waals surface area contributed by atoms with Crippen LogP contribution in [-0.2, 0) is 11.7 Å². The van der Waals surface area contributed by atoms with Gasteiger partial charge in [-0.1, -0.05) is 0 Å². The number of rotatable bonds is 1. The van der Waals surface area contributed by atoms with Crippen molar-refractivity contribution >= 4 is 11.0 Å². The standard InChI is InChI=1S/C13H14F3N3/c1-12(5-2-6-17-12)11-18-9-4-3-8(13(14,15)16)7-10(9)19-11/h3-4,7,17H,2,5-6H2,1H3,(H,18,19)/t12-/m0/s1. The Bertz CT molecular complexity index is 609. The highest BCUT2D eigenvalue weighted by Crippen LogP contribution is 2.33. The zero-order valence-electron chi connectivity index (χ0n) is 10.4. The molecule has 0 unspecified atom stereocenters. The van der Waals surface area contributed by atoms with E-state index in [-0.39, 0.29) is 5.54 Å². The molecule has 3 rings (SSSR count). The third kappa shape index (κ3) is 2.10. The molecule has 1 aromatic heterocycles. The molecule has 0 saturated carbocycles. The van der Waals surface area contributed by atoms with Gasteiger partial charge in [-0.25, -0.2) is 4.98 Å². The van der Waals surface area contributed by atoms with E-state index in [0.29, 0.717) is 16.9 Å². The fraction of sp³-hybridized carbons (Fsp3) is 0.462. The maximum atomic E-state index is 12.7. The average Bonchev–Trinajstić information content (AvgIpc) is 2.93. The van der Waals surface area contributed by atoms with Crippen molar-refractivity contribution in [1.82, 2.24) is 15.3 Å². The quantitative estimate of drug-likeness (QED) is 0.834. The zero-order chi connectivity index (χ0) is 13.7. The van der Waals surface area contributed by atoms with Crippen LogP contribution in [0.3, 0.4) is 0 Å². The number of halogens is 3. The first-order valence-electron chi connectivity index (χ1n) is 6.21. The molecule has 2 N–H and O–H groups in total. The molecule has 0 radical (unpaired) electrons. The van der Waals surface area contributed by atoms with E-state index in [4.69, 9.17) is 0 Å². The molecule has 0 aliphatic carbocycles. The lowest BCUT2D eigenvalue weighted by Gasteiger charge is -2.21. The number of nitrogens with zero attached hydrogens (tertiary/aromatic N) is 1. The first-order valence-corrected chi connectivity index (χ1v) is 6.21. The topological polar surface area (TPSA) is 40.7 Å². The smallest absolute Gasteiger partial charge is 0.340 e. The highest BCUT2D eigenvalue weighted by molar-refractivity contribution is 5.76. The van der Waals surface area contributed by atoms with Gasteiger partial charge in [-0.3, -0.25) is 0 Å². The van der Waals surface area contributed by atoms with Crippen molar-refractivity contribution in [2.45, 2.75) is 31.5 Å². The SMILES string of the molecule is C[C@@]1(c2nc3ccc(C(F)(F)F)cc3[nH]2)CCCN1. The lowest BCUT2D eigenvalue weighted by molar-refractivity contribution is -0.137. The van der Waals surface area contributed by atoms with Gasteiger partial charge in [-0.15, -0.1) is 0 Å². The fourth-order valence-electron chi connectivity index (χ4n) is 2.54. The molecule has 1 fully saturated rings. The summed E-state index contributed by atoms with van der Waals surface area (Å²) in [5.74, 6) is 0.708. The number of imidazole rings is 1. The van der Waals surface area contributed by atoms with Gasteiger partial charge in [-0.2, -0.15) is 13.2 Å². The summed E-state index contributed by atoms with van der Waals surface area (Å²) in [4.78, 5) is 7.42. The van der Waals surface area contributed by atoms with Gasteiger partial charge in [0.25, 0.3) is 0 Å². The number of H-pyrrole nitrogens is 1. The number of benzene rings is 1. The number of alkyl halides is 3. The van der Waals surface area contributed by atoms with Gasteiger partial charge in [-0.05, 0) is 44.5 Å². The second kappa shape index (κ2) is 3.96. The van der Waals surface area contributed by atoms with Crippen LogP contribution in [0.5, 0.6) is 0 Å². The van der Waals surface area contributed by atoms with Crippen LogP contribution in [0.1, 0.15) is 31.2 Å². The number of fused-ring (bicyclic) bond motifs is 1. The molecule has 1 saturated heterocycles. The second-order valence-corrected chi connectivity index (χ2v) is 5.18. The van der Waals surface area contributed by atoms with Crippen LogP contribution in [0, 0.1) is 0 Å². The molecule has 2 heterocycles. The summed E-state index contributed by atoms with van der Waals surface area (Å²) in [6.45, 7) is 2.92. The van der Waals surface area contributed by atoms with Gasteiger partial charge in [0.05, 0.1) is 22.1 Å². The third-order valence-electron chi connectivity index (χ3n) is 3.70. The van der Waals surface area contributed by atoms with Crippen molar-refractivity contribution in [2.24, 2.45) is 0 Å². The van der Waals surface area contributed by atoms with E-state index in [2.05, 4.69) is 15.3 Å². The summed E-state index contributed by atoms with van der Waals surface area (Å²) >= 11 is 0. The van der Waals surface area contributed by atoms with E-state index >= 15 is 0 Å². The second-order valence-electron chi connectivity index (χ2n) is 5.18. The van der Waals surface area contributed by atoms with Crippen molar-refractivity contribution in [1.29, 1.82) is 0 Å². The average molecular weight is 269 g/mol. The highest BCUT2D eigenvalue weighted by Gasteiger charge is 2.34. The van der Waals surface area contributed by atoms with Gasteiger partial charge in [0.15, 0.2) is 0 Å². The number of aromatic nitrogens is 2. The largest absolute Gasteiger partial charge is 0.416 e. The van der Waals surface area contributed by atoms with E-state index in [9.17, 15) is 13.2 Å². The van der Waals surface area contributed by atoms with Gasteiger partial charge >= 0.3 is 6.18 Å². The fourth-order valence-corrected chi connectivity index (χ4v) is 2.54. The molecule has 1 aliphatic rings. The normalized spacial score (nSPS) is 24.2. The van der Waals surface area contributed by atoms with Gasteiger partial charge in [0.1, 0.15) is 5.82 Å². The monoisotopic (exact) mass is 269 g/mol. The van der Waals surface area contributed by atoms with Crippen LogP contribution in [0.25, 0.3) is 11.0 Å². The lowest BCUT2D eigenvalue weighted by atomic mass is 10.00. The Kier molecular flexibility index (Phi) is 2.60. The van der Waals surface area contributed by atoms with Gasteiger partial charge in [0, 0.05) is 0 Å². The predicted molar refractivity (Wildman–Crippen MR) is 65.7 cm³/mol. The lowest BCUT2D eigenvalue weighted by Crippen LogP contribution is -2.34. The summed E-state index contributed by atoms with van der Waals surface area (Å²) in [7, 11) is 0. The van der Waals surface area contributed by atoms with Gasteiger partial charge < -0.3 is 10.3 Å². The third-order valence-corrected chi connectivity index (χ3v) is 3.70. The summed E-state index contributed by atoms with van der Waals surface area (Å²) in [6.07, 6.45) is -2.35. The number of hydrogen-bond acceptors (Lipinski definition) is 2. The van der Waals surface area contributed by atoms with E-state index in [1.54, 1.807) is 0 Å². The number of hydrogen-bond donors (Lipinski definition) is 2. The molecule has 102 valence electrons. The Balaban J connectivity index is 2.06. The molecule has 2 aromatic rings. The minimum Gasteiger partial charge on any atom is -0.340 e. The van der Waals surface area contributed by atoms with Crippen molar-refractivity contribution in [2.75, 3.05) is 6.54 Å². The molecule has 0 spiro atoms. The first kappa shape index (κ1) is 12.5. The van der Waals surface area contributed by atoms with E-state index < -0.39 is 11.7 Å². The van der Waals surface area contributed by atoms with Crippen molar-refractivity contribution in [3.05, 3.63) is 29.6 Å². The van der Waals surface area contributed by atoms with Crippen LogP contribution in [0.2, 0.25) is 0 Å². The highest BCUT2D eigenvalue weighted by atomic mass is 19.4. The van der Waals surface area contributed by atoms with Crippen LogP contribution in [0.15, 0.2) is 18.2 Å². The number of aromatic amines is 1. The van der Waals surface area contributed by atoms with E-state index in [1.165, 1.54) is 6.07 Å². The Morgan fingerprint density at radius 2 is 2.11 bits per heavy atom. The summed E-state index contributed by atoms with van der Waals surface area (Å²) in [6, 6.07) is 3.60. The minimum absolute atomic E-state index is 0.266. The maximum absolute atomic E-state index is 12.7. The first-order chi connectivity index (χ1) is 8.88. The summed E-state index contributed by atoms with van der Waals surface area (Å²) < 4.78 is 38.0. The van der Waals surface area contributed by atoms with Crippen molar-refractivity contribution in [3.8, 4) is 0 Å². The van der Waals surface area contributed by atoms with Crippen LogP contribution in [-0.4, -0.2) is 16.5 Å². The maximum Gasteiger partial charge on any atom is 0.416 e. The Morgan fingerprint density at radius 3 is 2.74 bits per heavy atom. The molecule has 3 nitrogen and oxygen atoms in total. The number of nitrogens with one attached hydrogen (secondary N) is 2. The summed E-state index contributed by atoms with van der Waals surface area (Å²) in [5.41, 5.74) is 0.0784. The van der Waals surface area contributed by atoms with E-state index in [0.717, 1.165) is 31.5 Å². The zero-order valence-corrected chi connectivity index (χ0v) is 10.4. The molecule has 6 heteroatoms. The molecule has 0 amide bonds. The Hall–Kier alpha value is -1.56. The molecule has 1 aliphatic heterocycles. The van der Waals surface area contributed by atoms with Crippen LogP contribution in [0.4, 0.5) is 13.2 Å². The molecular formula is C13H14F3N3. The minimum atomic E-state index is -4.32. The predicted octanol–water partition coefficient (Wildman–Crippen LogP) is 3.18. The molecular weight excluding hydrogens is 255 g/mol. The van der Waals surface area contributed by atoms with Crippen LogP contribution >= 0.6 is 0 Å². The summed E-state index contributed by atoms with van der Waals surface area (Å²) in [5, 5.41) is 3.34. The van der Waals surface area contributed by atoms with Gasteiger partial charge in [0.2, 0.25) is 0 Å². The molecule has 0 bridgehead atoms.